The van der Waals surface area contributed by atoms with E-state index in [4.69, 9.17) is 4.84 Å². The van der Waals surface area contributed by atoms with Gasteiger partial charge < -0.3 is 0 Å². The third-order valence-electron chi connectivity index (χ3n) is 2.03. The molecule has 0 heterocycles. The molecule has 89 valence electrons. The Morgan fingerprint density at radius 1 is 1.13 bits per heavy atom. The van der Waals surface area contributed by atoms with Gasteiger partial charge in [0.05, 0.1) is 4.79 Å². The summed E-state index contributed by atoms with van der Waals surface area (Å²) >= 11 is 0. The van der Waals surface area contributed by atoms with Crippen molar-refractivity contribution >= 4 is 5.97 Å². The van der Waals surface area contributed by atoms with E-state index in [2.05, 4.69) is 6.92 Å². The van der Waals surface area contributed by atoms with E-state index in [1.54, 1.807) is 5.48 Å². The van der Waals surface area contributed by atoms with E-state index >= 15 is 0 Å². The fraction of sp³-hybridized carbons (Fsp3) is 0.917. The Labute approximate surface area is 93.5 Å². The van der Waals surface area contributed by atoms with E-state index in [9.17, 15) is 4.79 Å². The van der Waals surface area contributed by atoms with Gasteiger partial charge in [0.1, 0.15) is 12.0 Å². The normalized spacial score (nSPS) is 11.5. The third-order valence-corrected chi connectivity index (χ3v) is 2.03. The average molecular weight is 216 g/mol. The van der Waals surface area contributed by atoms with Crippen LogP contribution in [0.5, 0.6) is 0 Å². The van der Waals surface area contributed by atoms with E-state index in [0.717, 1.165) is 12.8 Å². The van der Waals surface area contributed by atoms with Crippen LogP contribution in [-0.2, 0) is 9.63 Å². The molecule has 0 bridgehead atoms. The number of quaternary nitrogens is 1. The molecule has 0 aliphatic heterocycles. The van der Waals surface area contributed by atoms with Crippen LogP contribution in [0.25, 0.3) is 0 Å². The zero-order chi connectivity index (χ0) is 11.7. The van der Waals surface area contributed by atoms with Crippen LogP contribution in [-0.4, -0.2) is 11.5 Å². The summed E-state index contributed by atoms with van der Waals surface area (Å²) in [5, 5.41) is 0. The van der Waals surface area contributed by atoms with Crippen molar-refractivity contribution in [2.75, 3.05) is 0 Å². The summed E-state index contributed by atoms with van der Waals surface area (Å²) < 4.78 is 0. The molecule has 0 aromatic carbocycles. The zero-order valence-electron chi connectivity index (χ0n) is 10.6. The van der Waals surface area contributed by atoms with E-state index in [1.807, 2.05) is 20.8 Å². The fourth-order valence-electron chi connectivity index (χ4n) is 1.17. The van der Waals surface area contributed by atoms with Gasteiger partial charge in [-0.2, -0.15) is 0 Å². The second-order valence-electron chi connectivity index (χ2n) is 5.14. The summed E-state index contributed by atoms with van der Waals surface area (Å²) in [6.45, 7) is 8.23. The monoisotopic (exact) mass is 216 g/mol. The van der Waals surface area contributed by atoms with Gasteiger partial charge in [-0.3, -0.25) is 0 Å². The highest BCUT2D eigenvalue weighted by Crippen LogP contribution is 2.05. The molecule has 0 saturated carbocycles. The van der Waals surface area contributed by atoms with Gasteiger partial charge in [-0.25, -0.2) is 0 Å². The first kappa shape index (κ1) is 14.4. The third kappa shape index (κ3) is 11.4. The first-order valence-electron chi connectivity index (χ1n) is 5.99. The van der Waals surface area contributed by atoms with Gasteiger partial charge in [0.2, 0.25) is 0 Å². The SMILES string of the molecule is CCCCCCCC(=[O+])O[NH2+]C(C)(C)C. The molecule has 0 saturated heterocycles. The van der Waals surface area contributed by atoms with Gasteiger partial charge in [0.25, 0.3) is 0 Å². The Bertz CT molecular complexity index is 173. The summed E-state index contributed by atoms with van der Waals surface area (Å²) in [6, 6.07) is 0. The van der Waals surface area contributed by atoms with Crippen molar-refractivity contribution in [1.29, 1.82) is 0 Å². The molecule has 0 aromatic rings. The lowest BCUT2D eigenvalue weighted by Crippen LogP contribution is -2.94. The molecule has 0 aromatic heterocycles. The Kier molecular flexibility index (Phi) is 7.39. The maximum Gasteiger partial charge on any atom is 0.638 e. The molecule has 2 N–H and O–H groups in total. The summed E-state index contributed by atoms with van der Waals surface area (Å²) in [7, 11) is 0. The molecule has 0 atom stereocenters. The van der Waals surface area contributed by atoms with Crippen LogP contribution < -0.4 is 5.48 Å². The minimum Gasteiger partial charge on any atom is -0.0895 e. The number of carbonyl (C=O) groups excluding carboxylic acids is 1. The van der Waals surface area contributed by atoms with Gasteiger partial charge in [-0.1, -0.05) is 42.9 Å². The average Bonchev–Trinajstić information content (AvgIpc) is 2.13. The second kappa shape index (κ2) is 7.69. The van der Waals surface area contributed by atoms with Crippen LogP contribution in [0.1, 0.15) is 66.2 Å². The summed E-state index contributed by atoms with van der Waals surface area (Å²) in [5.41, 5.74) is 1.58. The van der Waals surface area contributed by atoms with E-state index in [1.165, 1.54) is 19.3 Å². The van der Waals surface area contributed by atoms with Crippen molar-refractivity contribution in [3.05, 3.63) is 0 Å². The summed E-state index contributed by atoms with van der Waals surface area (Å²) in [6.07, 6.45) is 6.38. The van der Waals surface area contributed by atoms with Gasteiger partial charge in [0.15, 0.2) is 0 Å². The van der Waals surface area contributed by atoms with Crippen molar-refractivity contribution in [1.82, 2.24) is 0 Å². The van der Waals surface area contributed by atoms with Crippen LogP contribution in [0, 0.1) is 0 Å². The van der Waals surface area contributed by atoms with E-state index in [-0.39, 0.29) is 11.5 Å². The molecule has 0 amide bonds. The van der Waals surface area contributed by atoms with Crippen molar-refractivity contribution in [3.8, 4) is 0 Å². The minimum absolute atomic E-state index is 0.0438. The molecule has 0 fully saturated rings. The Morgan fingerprint density at radius 3 is 2.27 bits per heavy atom. The number of unbranched alkanes of at least 4 members (excludes halogenated alkanes) is 4. The van der Waals surface area contributed by atoms with Gasteiger partial charge in [-0.05, 0) is 27.2 Å². The molecule has 1 radical (unpaired) electrons. The van der Waals surface area contributed by atoms with Crippen molar-refractivity contribution in [2.45, 2.75) is 71.8 Å². The van der Waals surface area contributed by atoms with E-state index < -0.39 is 0 Å². The smallest absolute Gasteiger partial charge is 0.0895 e. The predicted octanol–water partition coefficient (Wildman–Crippen LogP) is 2.17. The number of hydrogen-bond donors (Lipinski definition) is 1. The molecule has 0 spiro atoms. The molecule has 0 aliphatic carbocycles. The minimum atomic E-state index is -0.0959. The maximum atomic E-state index is 11.3. The predicted molar refractivity (Wildman–Crippen MR) is 61.1 cm³/mol. The number of nitrogens with two attached hydrogens (primary N) is 1. The first-order chi connectivity index (χ1) is 6.95. The molecule has 3 nitrogen and oxygen atoms in total. The van der Waals surface area contributed by atoms with Crippen molar-refractivity contribution < 1.29 is 15.1 Å². The Balaban J connectivity index is 3.34. The molecular weight excluding hydrogens is 190 g/mol. The molecule has 0 unspecified atom stereocenters. The molecule has 0 aliphatic rings. The quantitative estimate of drug-likeness (QED) is 0.403. The second-order valence-corrected chi connectivity index (χ2v) is 5.14. The lowest BCUT2D eigenvalue weighted by atomic mass is 10.1. The number of hydrogen-bond acceptors (Lipinski definition) is 2. The topological polar surface area (TPSA) is 45.7 Å². The van der Waals surface area contributed by atoms with Crippen LogP contribution >= 0.6 is 0 Å². The van der Waals surface area contributed by atoms with Crippen LogP contribution in [0.3, 0.4) is 0 Å². The Hall–Kier alpha value is -0.570. The number of rotatable bonds is 7. The van der Waals surface area contributed by atoms with Crippen molar-refractivity contribution in [2.24, 2.45) is 0 Å². The van der Waals surface area contributed by atoms with Crippen molar-refractivity contribution in [3.63, 3.8) is 0 Å². The summed E-state index contributed by atoms with van der Waals surface area (Å²) in [4.78, 5) is 16.3. The zero-order valence-corrected chi connectivity index (χ0v) is 10.6. The lowest BCUT2D eigenvalue weighted by molar-refractivity contribution is -0.915. The molecule has 0 rings (SSSR count). The largest absolute Gasteiger partial charge is 0.638 e. The Morgan fingerprint density at radius 2 is 1.73 bits per heavy atom. The van der Waals surface area contributed by atoms with Gasteiger partial charge >= 0.3 is 5.97 Å². The molecule has 15 heavy (non-hydrogen) atoms. The van der Waals surface area contributed by atoms with Gasteiger partial charge in [-0.15, -0.1) is 0 Å². The first-order valence-corrected chi connectivity index (χ1v) is 5.99. The van der Waals surface area contributed by atoms with Gasteiger partial charge in [0, 0.05) is 0 Å². The van der Waals surface area contributed by atoms with Crippen LogP contribution in [0.15, 0.2) is 0 Å². The standard InChI is InChI=1S/C12H25NO2/c1-5-6-7-8-9-10-11(14)15-13-12(2,3)4/h13H,5-10H2,1-4H3/q+1/p+1. The van der Waals surface area contributed by atoms with Crippen LogP contribution in [0.4, 0.5) is 0 Å². The lowest BCUT2D eigenvalue weighted by Gasteiger charge is -2.07. The molecule has 3 heteroatoms. The highest BCUT2D eigenvalue weighted by molar-refractivity contribution is 5.68. The maximum absolute atomic E-state index is 11.3. The summed E-state index contributed by atoms with van der Waals surface area (Å²) in [5.74, 6) is -0.0959. The highest BCUT2D eigenvalue weighted by atomic mass is 16.7. The number of hydroxylamine groups is 1. The van der Waals surface area contributed by atoms with Crippen LogP contribution in [0.2, 0.25) is 0 Å². The fourth-order valence-corrected chi connectivity index (χ4v) is 1.17. The molecular formula is C12H26NO2+2. The van der Waals surface area contributed by atoms with E-state index in [0.29, 0.717) is 6.42 Å². The highest BCUT2D eigenvalue weighted by Gasteiger charge is 2.26. The number of carbonyl (C=O) groups is 1.